The molecule has 1 aromatic rings. The highest BCUT2D eigenvalue weighted by Gasteiger charge is 2.18. The lowest BCUT2D eigenvalue weighted by molar-refractivity contribution is -0.384. The molecule has 0 aromatic heterocycles. The Balaban J connectivity index is 2.97. The van der Waals surface area contributed by atoms with Crippen LogP contribution in [0.3, 0.4) is 0 Å². The number of nitrogens with one attached hydrogen (secondary N) is 2. The number of carbonyl (C=O) groups is 2. The van der Waals surface area contributed by atoms with Gasteiger partial charge in [-0.15, -0.1) is 0 Å². The molecule has 0 aliphatic carbocycles. The summed E-state index contributed by atoms with van der Waals surface area (Å²) in [6.45, 7) is 2.13. The number of rotatable bonds is 6. The molecule has 2 N–H and O–H groups in total. The van der Waals surface area contributed by atoms with Gasteiger partial charge in [0.05, 0.1) is 11.5 Å². The molecule has 0 atom stereocenters. The fourth-order valence-electron chi connectivity index (χ4n) is 1.56. The van der Waals surface area contributed by atoms with Crippen LogP contribution in [-0.4, -0.2) is 48.8 Å². The summed E-state index contributed by atoms with van der Waals surface area (Å²) in [7, 11) is 3.19. The van der Waals surface area contributed by atoms with E-state index >= 15 is 0 Å². The van der Waals surface area contributed by atoms with Crippen molar-refractivity contribution < 1.29 is 14.5 Å². The van der Waals surface area contributed by atoms with Crippen LogP contribution in [0.25, 0.3) is 0 Å². The fourth-order valence-corrected chi connectivity index (χ4v) is 1.56. The second kappa shape index (κ2) is 7.22. The number of amides is 2. The first-order valence-corrected chi connectivity index (χ1v) is 6.37. The molecule has 0 aliphatic heterocycles. The van der Waals surface area contributed by atoms with Gasteiger partial charge in [-0.2, -0.15) is 0 Å². The normalized spacial score (nSPS) is 9.86. The minimum atomic E-state index is -0.592. The van der Waals surface area contributed by atoms with Crippen LogP contribution in [0.4, 0.5) is 11.4 Å². The summed E-state index contributed by atoms with van der Waals surface area (Å²) in [4.78, 5) is 35.0. The maximum absolute atomic E-state index is 11.7. The number of nitro benzene ring substituents is 1. The molecule has 0 bridgehead atoms. The smallest absolute Gasteiger partial charge is 0.293 e. The maximum Gasteiger partial charge on any atom is 0.293 e. The Morgan fingerprint density at radius 3 is 2.52 bits per heavy atom. The Kier molecular flexibility index (Phi) is 5.65. The Morgan fingerprint density at radius 2 is 2.00 bits per heavy atom. The zero-order valence-corrected chi connectivity index (χ0v) is 12.2. The second-order valence-corrected chi connectivity index (χ2v) is 4.49. The van der Waals surface area contributed by atoms with E-state index in [2.05, 4.69) is 10.6 Å². The first kappa shape index (κ1) is 16.4. The van der Waals surface area contributed by atoms with Crippen molar-refractivity contribution in [2.24, 2.45) is 0 Å². The lowest BCUT2D eigenvalue weighted by Gasteiger charge is -2.12. The maximum atomic E-state index is 11.7. The molecule has 0 aliphatic rings. The fraction of sp³-hybridized carbons (Fsp3) is 0.385. The molecule has 0 saturated heterocycles. The van der Waals surface area contributed by atoms with Crippen molar-refractivity contribution in [2.75, 3.05) is 32.5 Å². The molecule has 21 heavy (non-hydrogen) atoms. The number of hydrogen-bond acceptors (Lipinski definition) is 5. The Bertz CT molecular complexity index is 557. The zero-order valence-electron chi connectivity index (χ0n) is 12.2. The molecule has 0 heterocycles. The van der Waals surface area contributed by atoms with E-state index in [1.54, 1.807) is 21.0 Å². The third-order valence-corrected chi connectivity index (χ3v) is 2.72. The average molecular weight is 294 g/mol. The standard InChI is InChI=1S/C13H18N4O4/c1-4-14-13(19)9-5-6-10(11(7-9)17(20)21)15-8-12(18)16(2)3/h5-7,15H,4,8H2,1-3H3,(H,14,19). The number of carbonyl (C=O) groups excluding carboxylic acids is 2. The number of hydrogen-bond donors (Lipinski definition) is 2. The van der Waals surface area contributed by atoms with Gasteiger partial charge in [-0.1, -0.05) is 0 Å². The van der Waals surface area contributed by atoms with Gasteiger partial charge < -0.3 is 15.5 Å². The van der Waals surface area contributed by atoms with Crippen LogP contribution < -0.4 is 10.6 Å². The lowest BCUT2D eigenvalue weighted by atomic mass is 10.1. The quantitative estimate of drug-likeness (QED) is 0.597. The first-order valence-electron chi connectivity index (χ1n) is 6.37. The van der Waals surface area contributed by atoms with E-state index in [0.717, 1.165) is 0 Å². The van der Waals surface area contributed by atoms with E-state index in [4.69, 9.17) is 0 Å². The minimum Gasteiger partial charge on any atom is -0.371 e. The molecular weight excluding hydrogens is 276 g/mol. The van der Waals surface area contributed by atoms with Crippen LogP contribution in [0.5, 0.6) is 0 Å². The van der Waals surface area contributed by atoms with Gasteiger partial charge in [-0.3, -0.25) is 19.7 Å². The second-order valence-electron chi connectivity index (χ2n) is 4.49. The number of nitrogens with zero attached hydrogens (tertiary/aromatic N) is 2. The molecule has 1 aromatic carbocycles. The molecule has 0 saturated carbocycles. The van der Waals surface area contributed by atoms with Gasteiger partial charge in [-0.05, 0) is 19.1 Å². The lowest BCUT2D eigenvalue weighted by Crippen LogP contribution is -2.28. The molecule has 8 nitrogen and oxygen atoms in total. The highest BCUT2D eigenvalue weighted by atomic mass is 16.6. The summed E-state index contributed by atoms with van der Waals surface area (Å²) in [5.74, 6) is -0.589. The Hall–Kier alpha value is -2.64. The molecule has 2 amide bonds. The summed E-state index contributed by atoms with van der Waals surface area (Å²) in [6, 6.07) is 4.08. The van der Waals surface area contributed by atoms with Crippen molar-refractivity contribution in [1.82, 2.24) is 10.2 Å². The van der Waals surface area contributed by atoms with E-state index in [-0.39, 0.29) is 35.3 Å². The third-order valence-electron chi connectivity index (χ3n) is 2.72. The topological polar surface area (TPSA) is 105 Å². The molecule has 0 unspecified atom stereocenters. The van der Waals surface area contributed by atoms with E-state index in [0.29, 0.717) is 6.54 Å². The van der Waals surface area contributed by atoms with Crippen molar-refractivity contribution in [3.8, 4) is 0 Å². The summed E-state index contributed by atoms with van der Waals surface area (Å²) in [5.41, 5.74) is 0.154. The van der Waals surface area contributed by atoms with Crippen molar-refractivity contribution in [1.29, 1.82) is 0 Å². The van der Waals surface area contributed by atoms with Gasteiger partial charge in [0.15, 0.2) is 0 Å². The highest BCUT2D eigenvalue weighted by molar-refractivity contribution is 5.95. The van der Waals surface area contributed by atoms with E-state index < -0.39 is 4.92 Å². The van der Waals surface area contributed by atoms with Crippen molar-refractivity contribution in [3.63, 3.8) is 0 Å². The van der Waals surface area contributed by atoms with E-state index in [9.17, 15) is 19.7 Å². The summed E-state index contributed by atoms with van der Waals surface area (Å²) in [5, 5.41) is 16.4. The van der Waals surface area contributed by atoms with Crippen LogP contribution in [0.1, 0.15) is 17.3 Å². The van der Waals surface area contributed by atoms with Crippen LogP contribution >= 0.6 is 0 Å². The largest absolute Gasteiger partial charge is 0.371 e. The molecule has 0 radical (unpaired) electrons. The Morgan fingerprint density at radius 1 is 1.33 bits per heavy atom. The Labute approximate surface area is 122 Å². The van der Waals surface area contributed by atoms with E-state index in [1.165, 1.54) is 23.1 Å². The molecule has 0 spiro atoms. The molecule has 1 rings (SSSR count). The van der Waals surface area contributed by atoms with Gasteiger partial charge >= 0.3 is 0 Å². The third kappa shape index (κ3) is 4.44. The van der Waals surface area contributed by atoms with Gasteiger partial charge in [0.2, 0.25) is 5.91 Å². The van der Waals surface area contributed by atoms with E-state index in [1.807, 2.05) is 0 Å². The molecular formula is C13H18N4O4. The predicted octanol–water partition coefficient (Wildman–Crippen LogP) is 0.845. The summed E-state index contributed by atoms with van der Waals surface area (Å²) in [6.07, 6.45) is 0. The summed E-state index contributed by atoms with van der Waals surface area (Å²) >= 11 is 0. The van der Waals surface area contributed by atoms with Gasteiger partial charge in [-0.25, -0.2) is 0 Å². The predicted molar refractivity (Wildman–Crippen MR) is 78.3 cm³/mol. The molecule has 114 valence electrons. The monoisotopic (exact) mass is 294 g/mol. The van der Waals surface area contributed by atoms with Crippen LogP contribution in [-0.2, 0) is 4.79 Å². The SMILES string of the molecule is CCNC(=O)c1ccc(NCC(=O)N(C)C)c([N+](=O)[O-])c1. The average Bonchev–Trinajstić information content (AvgIpc) is 2.44. The first-order chi connectivity index (χ1) is 9.86. The van der Waals surface area contributed by atoms with Crippen molar-refractivity contribution in [2.45, 2.75) is 6.92 Å². The van der Waals surface area contributed by atoms with Gasteiger partial charge in [0.1, 0.15) is 5.69 Å². The number of benzene rings is 1. The van der Waals surface area contributed by atoms with Crippen LogP contribution in [0, 0.1) is 10.1 Å². The highest BCUT2D eigenvalue weighted by Crippen LogP contribution is 2.25. The molecule has 8 heteroatoms. The van der Waals surface area contributed by atoms with Crippen molar-refractivity contribution >= 4 is 23.2 Å². The van der Waals surface area contributed by atoms with Crippen LogP contribution in [0.15, 0.2) is 18.2 Å². The zero-order chi connectivity index (χ0) is 16.0. The number of anilines is 1. The molecule has 0 fully saturated rings. The number of nitro groups is 1. The number of likely N-dealkylation sites (N-methyl/N-ethyl adjacent to an activating group) is 1. The van der Waals surface area contributed by atoms with Gasteiger partial charge in [0.25, 0.3) is 11.6 Å². The van der Waals surface area contributed by atoms with Crippen LogP contribution in [0.2, 0.25) is 0 Å². The minimum absolute atomic E-state index is 0.0612. The van der Waals surface area contributed by atoms with Crippen molar-refractivity contribution in [3.05, 3.63) is 33.9 Å². The summed E-state index contributed by atoms with van der Waals surface area (Å²) < 4.78 is 0. The van der Waals surface area contributed by atoms with Gasteiger partial charge in [0, 0.05) is 32.3 Å².